The van der Waals surface area contributed by atoms with E-state index in [1.54, 1.807) is 0 Å². The maximum Gasteiger partial charge on any atom is 0.143 e. The zero-order chi connectivity index (χ0) is 14.2. The summed E-state index contributed by atoms with van der Waals surface area (Å²) in [6.07, 6.45) is 0.850. The first-order valence-electron chi connectivity index (χ1n) is 7.24. The first-order chi connectivity index (χ1) is 9.60. The first kappa shape index (κ1) is 13.1. The van der Waals surface area contributed by atoms with Gasteiger partial charge in [0, 0.05) is 17.3 Å². The number of hydrogen-bond acceptors (Lipinski definition) is 1. The van der Waals surface area contributed by atoms with Crippen molar-refractivity contribution in [1.29, 1.82) is 0 Å². The standard InChI is InChI=1S/C19H20O/c1-19(2)17(15-11-7-4-8-12-15)16(18(19)20)13-14-9-5-3-6-10-14/h3-12,16-17H,13H2,1-2H3. The normalized spacial score (nSPS) is 24.2. The number of ketones is 1. The molecule has 1 aliphatic rings. The van der Waals surface area contributed by atoms with Gasteiger partial charge in [0.1, 0.15) is 5.78 Å². The molecule has 2 unspecified atom stereocenters. The quantitative estimate of drug-likeness (QED) is 0.810. The minimum atomic E-state index is -0.235. The molecule has 0 amide bonds. The predicted octanol–water partition coefficient (Wildman–Crippen LogP) is 4.24. The Morgan fingerprint density at radius 2 is 1.45 bits per heavy atom. The van der Waals surface area contributed by atoms with Crippen LogP contribution in [0.2, 0.25) is 0 Å². The van der Waals surface area contributed by atoms with E-state index in [0.29, 0.717) is 11.7 Å². The Bertz CT molecular complexity index is 598. The molecule has 1 fully saturated rings. The molecule has 102 valence electrons. The Hall–Kier alpha value is -1.89. The maximum atomic E-state index is 12.5. The second-order valence-corrected chi connectivity index (χ2v) is 6.27. The van der Waals surface area contributed by atoms with Crippen molar-refractivity contribution in [2.45, 2.75) is 26.2 Å². The summed E-state index contributed by atoms with van der Waals surface area (Å²) in [7, 11) is 0. The molecule has 2 aromatic rings. The molecule has 0 aliphatic heterocycles. The third-order valence-electron chi connectivity index (χ3n) is 4.61. The van der Waals surface area contributed by atoms with Crippen molar-refractivity contribution in [2.24, 2.45) is 11.3 Å². The molecule has 0 heterocycles. The molecule has 0 N–H and O–H groups in total. The van der Waals surface area contributed by atoms with Crippen LogP contribution in [0.5, 0.6) is 0 Å². The van der Waals surface area contributed by atoms with E-state index in [2.05, 4.69) is 50.2 Å². The Labute approximate surface area is 120 Å². The minimum Gasteiger partial charge on any atom is -0.299 e. The summed E-state index contributed by atoms with van der Waals surface area (Å²) in [5.74, 6) is 0.849. The summed E-state index contributed by atoms with van der Waals surface area (Å²) in [5.41, 5.74) is 2.31. The number of rotatable bonds is 3. The highest BCUT2D eigenvalue weighted by Crippen LogP contribution is 2.54. The molecular weight excluding hydrogens is 244 g/mol. The van der Waals surface area contributed by atoms with E-state index < -0.39 is 0 Å². The average molecular weight is 264 g/mol. The molecule has 2 aromatic carbocycles. The molecule has 0 bridgehead atoms. The Kier molecular flexibility index (Phi) is 3.21. The number of carbonyl (C=O) groups is 1. The fraction of sp³-hybridized carbons (Fsp3) is 0.316. The number of carbonyl (C=O) groups excluding carboxylic acids is 1. The maximum absolute atomic E-state index is 12.5. The lowest BCUT2D eigenvalue weighted by Gasteiger charge is -2.50. The van der Waals surface area contributed by atoms with Crippen molar-refractivity contribution in [3.8, 4) is 0 Å². The molecule has 3 rings (SSSR count). The molecule has 2 atom stereocenters. The second-order valence-electron chi connectivity index (χ2n) is 6.27. The highest BCUT2D eigenvalue weighted by atomic mass is 16.1. The summed E-state index contributed by atoms with van der Waals surface area (Å²) in [6.45, 7) is 4.16. The molecule has 0 aromatic heterocycles. The van der Waals surface area contributed by atoms with Crippen LogP contribution in [0.15, 0.2) is 60.7 Å². The van der Waals surface area contributed by atoms with Gasteiger partial charge in [-0.2, -0.15) is 0 Å². The van der Waals surface area contributed by atoms with Crippen molar-refractivity contribution >= 4 is 5.78 Å². The van der Waals surface area contributed by atoms with Crippen molar-refractivity contribution in [3.05, 3.63) is 71.8 Å². The molecule has 20 heavy (non-hydrogen) atoms. The highest BCUT2D eigenvalue weighted by Gasteiger charge is 2.55. The van der Waals surface area contributed by atoms with E-state index in [1.807, 2.05) is 24.3 Å². The number of benzene rings is 2. The molecule has 1 nitrogen and oxygen atoms in total. The summed E-state index contributed by atoms with van der Waals surface area (Å²) >= 11 is 0. The lowest BCUT2D eigenvalue weighted by molar-refractivity contribution is -0.146. The zero-order valence-corrected chi connectivity index (χ0v) is 12.0. The van der Waals surface area contributed by atoms with E-state index in [-0.39, 0.29) is 11.3 Å². The molecule has 0 saturated heterocycles. The summed E-state index contributed by atoms with van der Waals surface area (Å²) < 4.78 is 0. The lowest BCUT2D eigenvalue weighted by atomic mass is 9.51. The van der Waals surface area contributed by atoms with Gasteiger partial charge in [-0.1, -0.05) is 74.5 Å². The largest absolute Gasteiger partial charge is 0.299 e. The van der Waals surface area contributed by atoms with E-state index in [1.165, 1.54) is 11.1 Å². The van der Waals surface area contributed by atoms with Gasteiger partial charge >= 0.3 is 0 Å². The summed E-state index contributed by atoms with van der Waals surface area (Å²) in [5, 5.41) is 0. The van der Waals surface area contributed by atoms with Crippen LogP contribution in [0.25, 0.3) is 0 Å². The topological polar surface area (TPSA) is 17.1 Å². The van der Waals surface area contributed by atoms with Gasteiger partial charge in [-0.15, -0.1) is 0 Å². The molecule has 1 heteroatoms. The van der Waals surface area contributed by atoms with Crippen molar-refractivity contribution in [3.63, 3.8) is 0 Å². The van der Waals surface area contributed by atoms with Crippen LogP contribution in [0.3, 0.4) is 0 Å². The minimum absolute atomic E-state index is 0.120. The molecule has 0 radical (unpaired) electrons. The van der Waals surface area contributed by atoms with Gasteiger partial charge in [0.25, 0.3) is 0 Å². The van der Waals surface area contributed by atoms with Crippen molar-refractivity contribution < 1.29 is 4.79 Å². The molecular formula is C19H20O. The fourth-order valence-corrected chi connectivity index (χ4v) is 3.58. The summed E-state index contributed by atoms with van der Waals surface area (Å²) in [6, 6.07) is 20.8. The number of Topliss-reactive ketones (excluding diaryl/α,β-unsaturated/α-hetero) is 1. The monoisotopic (exact) mass is 264 g/mol. The van der Waals surface area contributed by atoms with Gasteiger partial charge in [0.2, 0.25) is 0 Å². The van der Waals surface area contributed by atoms with Crippen molar-refractivity contribution in [1.82, 2.24) is 0 Å². The van der Waals surface area contributed by atoms with Crippen LogP contribution in [0, 0.1) is 11.3 Å². The van der Waals surface area contributed by atoms with Crippen molar-refractivity contribution in [2.75, 3.05) is 0 Å². The second kappa shape index (κ2) is 4.90. The van der Waals surface area contributed by atoms with Crippen LogP contribution >= 0.6 is 0 Å². The van der Waals surface area contributed by atoms with E-state index in [4.69, 9.17) is 0 Å². The first-order valence-corrected chi connectivity index (χ1v) is 7.24. The predicted molar refractivity (Wildman–Crippen MR) is 81.6 cm³/mol. The lowest BCUT2D eigenvalue weighted by Crippen LogP contribution is -2.53. The highest BCUT2D eigenvalue weighted by molar-refractivity contribution is 5.95. The van der Waals surface area contributed by atoms with Gasteiger partial charge in [0.05, 0.1) is 0 Å². The number of hydrogen-bond donors (Lipinski definition) is 0. The van der Waals surface area contributed by atoms with Crippen LogP contribution in [0.4, 0.5) is 0 Å². The van der Waals surface area contributed by atoms with Gasteiger partial charge in [-0.3, -0.25) is 4.79 Å². The molecule has 1 aliphatic carbocycles. The Morgan fingerprint density at radius 3 is 2.05 bits per heavy atom. The van der Waals surface area contributed by atoms with Gasteiger partial charge < -0.3 is 0 Å². The van der Waals surface area contributed by atoms with Gasteiger partial charge in [-0.05, 0) is 17.5 Å². The van der Waals surface area contributed by atoms with Gasteiger partial charge in [0.15, 0.2) is 0 Å². The van der Waals surface area contributed by atoms with Gasteiger partial charge in [-0.25, -0.2) is 0 Å². The van der Waals surface area contributed by atoms with Crippen LogP contribution in [-0.4, -0.2) is 5.78 Å². The van der Waals surface area contributed by atoms with E-state index >= 15 is 0 Å². The SMILES string of the molecule is CC1(C)C(=O)C(Cc2ccccc2)C1c1ccccc1. The zero-order valence-electron chi connectivity index (χ0n) is 12.0. The van der Waals surface area contributed by atoms with E-state index in [9.17, 15) is 4.79 Å². The van der Waals surface area contributed by atoms with Crippen LogP contribution in [0.1, 0.15) is 30.9 Å². The third kappa shape index (κ3) is 2.07. The molecule has 0 spiro atoms. The Morgan fingerprint density at radius 1 is 0.900 bits per heavy atom. The van der Waals surface area contributed by atoms with Crippen LogP contribution in [-0.2, 0) is 11.2 Å². The van der Waals surface area contributed by atoms with Crippen LogP contribution < -0.4 is 0 Å². The molecule has 1 saturated carbocycles. The fourth-order valence-electron chi connectivity index (χ4n) is 3.58. The average Bonchev–Trinajstić information content (AvgIpc) is 2.48. The summed E-state index contributed by atoms with van der Waals surface area (Å²) in [4.78, 5) is 12.5. The Balaban J connectivity index is 1.88. The third-order valence-corrected chi connectivity index (χ3v) is 4.61. The van der Waals surface area contributed by atoms with E-state index in [0.717, 1.165) is 6.42 Å². The smallest absolute Gasteiger partial charge is 0.143 e.